The number of hydrogen-bond donors (Lipinski definition) is 3. The lowest BCUT2D eigenvalue weighted by Crippen LogP contribution is -2.44. The molecule has 1 aliphatic rings. The molecule has 2 aromatic carbocycles. The van der Waals surface area contributed by atoms with Gasteiger partial charge in [0.05, 0.1) is 4.90 Å². The maximum Gasteiger partial charge on any atom is 0.331 e. The van der Waals surface area contributed by atoms with Gasteiger partial charge >= 0.3 is 11.9 Å². The first-order valence-corrected chi connectivity index (χ1v) is 13.9. The second-order valence-electron chi connectivity index (χ2n) is 8.96. The number of benzene rings is 2. The van der Waals surface area contributed by atoms with Crippen molar-refractivity contribution in [3.8, 4) is 5.75 Å². The number of ether oxygens (including phenoxy) is 2. The molecule has 12 heteroatoms. The summed E-state index contributed by atoms with van der Waals surface area (Å²) in [6.07, 6.45) is 2.15. The van der Waals surface area contributed by atoms with E-state index < -0.39 is 39.9 Å². The summed E-state index contributed by atoms with van der Waals surface area (Å²) in [5, 5.41) is 5.60. The van der Waals surface area contributed by atoms with Gasteiger partial charge in [-0.3, -0.25) is 4.79 Å². The van der Waals surface area contributed by atoms with E-state index in [1.54, 1.807) is 12.1 Å². The normalized spacial score (nSPS) is 16.0. The summed E-state index contributed by atoms with van der Waals surface area (Å²) in [7, 11) is -4.06. The van der Waals surface area contributed by atoms with Gasteiger partial charge in [-0.2, -0.15) is 4.72 Å². The largest absolute Gasteiger partial charge is 0.484 e. The highest BCUT2D eigenvalue weighted by Gasteiger charge is 2.31. The molecule has 1 aliphatic heterocycles. The molecule has 1 saturated heterocycles. The van der Waals surface area contributed by atoms with Gasteiger partial charge in [-0.1, -0.05) is 17.7 Å². The summed E-state index contributed by atoms with van der Waals surface area (Å²) < 4.78 is 51.3. The van der Waals surface area contributed by atoms with Crippen LogP contribution in [0.4, 0.5) is 4.39 Å². The van der Waals surface area contributed by atoms with Gasteiger partial charge in [0.1, 0.15) is 23.7 Å². The summed E-state index contributed by atoms with van der Waals surface area (Å²) in [6, 6.07) is 9.51. The molecule has 1 fully saturated rings. The van der Waals surface area contributed by atoms with Crippen LogP contribution in [0.3, 0.4) is 0 Å². The summed E-state index contributed by atoms with van der Waals surface area (Å²) in [4.78, 5) is 37.1. The van der Waals surface area contributed by atoms with Crippen LogP contribution in [0.2, 0.25) is 0 Å². The van der Waals surface area contributed by atoms with Crippen LogP contribution in [0.1, 0.15) is 37.7 Å². The molecule has 3 N–H and O–H groups in total. The number of carbonyl (C=O) groups excluding carboxylic acids is 3. The Hall–Kier alpha value is -3.35. The van der Waals surface area contributed by atoms with Crippen LogP contribution in [0.15, 0.2) is 53.4 Å². The predicted molar refractivity (Wildman–Crippen MR) is 136 cm³/mol. The van der Waals surface area contributed by atoms with E-state index >= 15 is 0 Å². The smallest absolute Gasteiger partial charge is 0.331 e. The van der Waals surface area contributed by atoms with Gasteiger partial charge in [0.2, 0.25) is 10.0 Å². The Balaban J connectivity index is 1.51. The molecule has 2 aromatic rings. The molecule has 2 atom stereocenters. The molecule has 0 unspecified atom stereocenters. The Morgan fingerprint density at radius 1 is 1.08 bits per heavy atom. The second kappa shape index (κ2) is 14.0. The summed E-state index contributed by atoms with van der Waals surface area (Å²) in [6.45, 7) is 2.45. The van der Waals surface area contributed by atoms with Gasteiger partial charge in [0, 0.05) is 6.54 Å². The average molecular weight is 550 g/mol. The van der Waals surface area contributed by atoms with Gasteiger partial charge < -0.3 is 20.1 Å². The molecular formula is C26H32FN3O7S. The van der Waals surface area contributed by atoms with Gasteiger partial charge in [-0.25, -0.2) is 22.4 Å². The highest BCUT2D eigenvalue weighted by Crippen LogP contribution is 2.15. The standard InChI is InChI=1S/C26H32FN3O7S/c1-18-7-13-21(14-8-18)38(34,35)30-23(26(33)37-25(32)22-6-4-16-28-22)5-2-3-15-29-24(31)17-36-20-11-9-19(27)10-12-20/h7-14,22-23,28,30H,2-6,15-17H2,1H3,(H,29,31)/t22-,23-/m0/s1. The van der Waals surface area contributed by atoms with Gasteiger partial charge in [0.15, 0.2) is 6.61 Å². The van der Waals surface area contributed by atoms with Crippen molar-refractivity contribution >= 4 is 27.9 Å². The van der Waals surface area contributed by atoms with Crippen LogP contribution in [-0.4, -0.2) is 58.0 Å². The van der Waals surface area contributed by atoms with Crippen LogP contribution < -0.4 is 20.1 Å². The highest BCUT2D eigenvalue weighted by atomic mass is 32.2. The SMILES string of the molecule is Cc1ccc(S(=O)(=O)N[C@@H](CCCCNC(=O)COc2ccc(F)cc2)C(=O)OC(=O)[C@@H]2CCCN2)cc1. The van der Waals surface area contributed by atoms with Crippen LogP contribution >= 0.6 is 0 Å². The third-order valence-electron chi connectivity index (χ3n) is 5.88. The molecule has 206 valence electrons. The zero-order chi connectivity index (χ0) is 27.5. The fraction of sp³-hybridized carbons (Fsp3) is 0.423. The molecule has 1 heterocycles. The van der Waals surface area contributed by atoms with E-state index in [0.717, 1.165) is 12.0 Å². The topological polar surface area (TPSA) is 140 Å². The van der Waals surface area contributed by atoms with Gasteiger partial charge in [-0.15, -0.1) is 0 Å². The number of amides is 1. The van der Waals surface area contributed by atoms with E-state index in [1.165, 1.54) is 36.4 Å². The fourth-order valence-corrected chi connectivity index (χ4v) is 4.98. The Morgan fingerprint density at radius 2 is 1.79 bits per heavy atom. The molecule has 1 amide bonds. The number of rotatable bonds is 13. The molecule has 0 aromatic heterocycles. The first-order valence-electron chi connectivity index (χ1n) is 12.4. The van der Waals surface area contributed by atoms with Gasteiger partial charge in [-0.05, 0) is 82.0 Å². The maximum atomic E-state index is 12.9. The Morgan fingerprint density at radius 3 is 2.45 bits per heavy atom. The first kappa shape index (κ1) is 29.2. The highest BCUT2D eigenvalue weighted by molar-refractivity contribution is 7.89. The zero-order valence-electron chi connectivity index (χ0n) is 21.1. The lowest BCUT2D eigenvalue weighted by Gasteiger charge is -2.18. The molecule has 0 bridgehead atoms. The third kappa shape index (κ3) is 9.19. The second-order valence-corrected chi connectivity index (χ2v) is 10.7. The number of aryl methyl sites for hydroxylation is 1. The molecule has 38 heavy (non-hydrogen) atoms. The van der Waals surface area contributed by atoms with Crippen molar-refractivity contribution < 1.29 is 36.7 Å². The number of carbonyl (C=O) groups is 3. The number of sulfonamides is 1. The Labute approximate surface area is 221 Å². The zero-order valence-corrected chi connectivity index (χ0v) is 21.9. The molecule has 0 saturated carbocycles. The number of esters is 2. The molecule has 3 rings (SSSR count). The van der Waals surface area contributed by atoms with E-state index in [9.17, 15) is 27.2 Å². The number of halogens is 1. The van der Waals surface area contributed by atoms with Crippen molar-refractivity contribution in [2.75, 3.05) is 19.7 Å². The molecule has 0 spiro atoms. The van der Waals surface area contributed by atoms with Crippen molar-refractivity contribution in [2.24, 2.45) is 0 Å². The van der Waals surface area contributed by atoms with Crippen LogP contribution in [0, 0.1) is 12.7 Å². The molecular weight excluding hydrogens is 517 g/mol. The van der Waals surface area contributed by atoms with E-state index in [2.05, 4.69) is 15.4 Å². The quantitative estimate of drug-likeness (QED) is 0.196. The van der Waals surface area contributed by atoms with Crippen molar-refractivity contribution in [2.45, 2.75) is 56.0 Å². The van der Waals surface area contributed by atoms with E-state index in [-0.39, 0.29) is 30.4 Å². The monoisotopic (exact) mass is 549 g/mol. The molecule has 10 nitrogen and oxygen atoms in total. The first-order chi connectivity index (χ1) is 18.1. The van der Waals surface area contributed by atoms with Crippen molar-refractivity contribution in [3.63, 3.8) is 0 Å². The summed E-state index contributed by atoms with van der Waals surface area (Å²) in [5.74, 6) is -2.16. The number of nitrogens with one attached hydrogen (secondary N) is 3. The van der Waals surface area contributed by atoms with Crippen LogP contribution in [-0.2, 0) is 29.1 Å². The van der Waals surface area contributed by atoms with E-state index in [0.29, 0.717) is 31.6 Å². The lowest BCUT2D eigenvalue weighted by atomic mass is 10.1. The maximum absolute atomic E-state index is 12.9. The summed E-state index contributed by atoms with van der Waals surface area (Å²) >= 11 is 0. The molecule has 0 radical (unpaired) electrons. The Bertz CT molecular complexity index is 1200. The summed E-state index contributed by atoms with van der Waals surface area (Å²) in [5.41, 5.74) is 0.875. The third-order valence-corrected chi connectivity index (χ3v) is 7.37. The lowest BCUT2D eigenvalue weighted by molar-refractivity contribution is -0.162. The average Bonchev–Trinajstić information content (AvgIpc) is 3.43. The number of unbranched alkanes of at least 4 members (excludes halogenated alkanes) is 1. The van der Waals surface area contributed by atoms with Crippen molar-refractivity contribution in [1.82, 2.24) is 15.4 Å². The minimum atomic E-state index is -4.06. The fourth-order valence-electron chi connectivity index (χ4n) is 3.76. The van der Waals surface area contributed by atoms with E-state index in [1.807, 2.05) is 6.92 Å². The van der Waals surface area contributed by atoms with Gasteiger partial charge in [0.25, 0.3) is 5.91 Å². The predicted octanol–water partition coefficient (Wildman–Crippen LogP) is 1.97. The van der Waals surface area contributed by atoms with Crippen LogP contribution in [0.5, 0.6) is 5.75 Å². The minimum Gasteiger partial charge on any atom is -0.484 e. The minimum absolute atomic E-state index is 0.0156. The van der Waals surface area contributed by atoms with Crippen molar-refractivity contribution in [3.05, 3.63) is 59.9 Å². The molecule has 0 aliphatic carbocycles. The number of hydrogen-bond acceptors (Lipinski definition) is 8. The van der Waals surface area contributed by atoms with E-state index in [4.69, 9.17) is 9.47 Å². The van der Waals surface area contributed by atoms with Crippen LogP contribution in [0.25, 0.3) is 0 Å². The Kier molecular flexibility index (Phi) is 10.7. The van der Waals surface area contributed by atoms with Crippen molar-refractivity contribution in [1.29, 1.82) is 0 Å².